The summed E-state index contributed by atoms with van der Waals surface area (Å²) in [5, 5.41) is 0. The number of morpholine rings is 1. The molecule has 25 heavy (non-hydrogen) atoms. The van der Waals surface area contributed by atoms with Gasteiger partial charge in [0.1, 0.15) is 0 Å². The lowest BCUT2D eigenvalue weighted by atomic mass is 9.85. The van der Waals surface area contributed by atoms with E-state index in [0.717, 1.165) is 25.1 Å². The molecule has 0 saturated carbocycles. The summed E-state index contributed by atoms with van der Waals surface area (Å²) < 4.78 is 5.31. The van der Waals surface area contributed by atoms with Crippen molar-refractivity contribution in [1.29, 1.82) is 0 Å². The molecule has 1 spiro atoms. The molecule has 1 aromatic heterocycles. The number of carbonyl (C=O) groups excluding carboxylic acids is 2. The van der Waals surface area contributed by atoms with Crippen molar-refractivity contribution < 1.29 is 14.3 Å². The van der Waals surface area contributed by atoms with Crippen LogP contribution in [0.3, 0.4) is 0 Å². The van der Waals surface area contributed by atoms with Gasteiger partial charge in [-0.05, 0) is 25.0 Å². The third-order valence-corrected chi connectivity index (χ3v) is 5.59. The first kappa shape index (κ1) is 16.3. The number of rotatable bonds is 2. The Kier molecular flexibility index (Phi) is 4.33. The fourth-order valence-corrected chi connectivity index (χ4v) is 4.10. The predicted molar refractivity (Wildman–Crippen MR) is 90.7 cm³/mol. The van der Waals surface area contributed by atoms with Crippen molar-refractivity contribution in [2.75, 3.05) is 45.9 Å². The number of urea groups is 1. The fourth-order valence-electron chi connectivity index (χ4n) is 4.10. The molecule has 0 unspecified atom stereocenters. The van der Waals surface area contributed by atoms with E-state index in [1.807, 2.05) is 32.9 Å². The molecule has 7 nitrogen and oxygen atoms in total. The Morgan fingerprint density at radius 1 is 1.12 bits per heavy atom. The van der Waals surface area contributed by atoms with E-state index >= 15 is 0 Å². The van der Waals surface area contributed by atoms with Crippen LogP contribution < -0.4 is 0 Å². The van der Waals surface area contributed by atoms with E-state index in [9.17, 15) is 9.59 Å². The smallest absolute Gasteiger partial charge is 0.320 e. The number of hydrogen-bond acceptors (Lipinski definition) is 4. The number of aromatic nitrogens is 1. The van der Waals surface area contributed by atoms with Gasteiger partial charge in [0.15, 0.2) is 0 Å². The molecule has 7 heteroatoms. The average Bonchev–Trinajstić information content (AvgIpc) is 3.23. The molecule has 3 aliphatic rings. The van der Waals surface area contributed by atoms with Crippen LogP contribution in [-0.4, -0.2) is 77.6 Å². The average molecular weight is 344 g/mol. The number of likely N-dealkylation sites (tertiary alicyclic amines) is 2. The Hall–Kier alpha value is -2.15. The molecule has 4 rings (SSSR count). The van der Waals surface area contributed by atoms with Crippen LogP contribution in [0.25, 0.3) is 0 Å². The van der Waals surface area contributed by atoms with Gasteiger partial charge in [0.2, 0.25) is 5.91 Å². The van der Waals surface area contributed by atoms with Crippen LogP contribution in [0, 0.1) is 5.41 Å². The summed E-state index contributed by atoms with van der Waals surface area (Å²) in [6.45, 7) is 4.99. The molecule has 1 atom stereocenters. The minimum atomic E-state index is -0.392. The second kappa shape index (κ2) is 6.63. The first-order chi connectivity index (χ1) is 12.2. The van der Waals surface area contributed by atoms with Gasteiger partial charge in [0.25, 0.3) is 0 Å². The highest BCUT2D eigenvalue weighted by Crippen LogP contribution is 2.41. The van der Waals surface area contributed by atoms with Gasteiger partial charge >= 0.3 is 6.03 Å². The lowest BCUT2D eigenvalue weighted by molar-refractivity contribution is -0.136. The first-order valence-electron chi connectivity index (χ1n) is 8.99. The summed E-state index contributed by atoms with van der Waals surface area (Å²) in [4.78, 5) is 35.6. The van der Waals surface area contributed by atoms with Crippen LogP contribution in [0.1, 0.15) is 18.5 Å². The van der Waals surface area contributed by atoms with Crippen molar-refractivity contribution in [3.63, 3.8) is 0 Å². The van der Waals surface area contributed by atoms with E-state index in [4.69, 9.17) is 4.74 Å². The Morgan fingerprint density at radius 3 is 2.68 bits per heavy atom. The quantitative estimate of drug-likeness (QED) is 0.801. The van der Waals surface area contributed by atoms with Gasteiger partial charge in [-0.25, -0.2) is 4.79 Å². The Labute approximate surface area is 147 Å². The van der Waals surface area contributed by atoms with E-state index < -0.39 is 5.41 Å². The second-order valence-electron chi connectivity index (χ2n) is 7.13. The first-order valence-corrected chi connectivity index (χ1v) is 8.99. The summed E-state index contributed by atoms with van der Waals surface area (Å²) in [6, 6.07) is 5.82. The monoisotopic (exact) mass is 344 g/mol. The number of nitrogens with zero attached hydrogens (tertiary/aromatic N) is 4. The minimum Gasteiger partial charge on any atom is -0.378 e. The molecule has 0 aliphatic carbocycles. The van der Waals surface area contributed by atoms with Crippen molar-refractivity contribution in [3.8, 4) is 0 Å². The molecule has 3 fully saturated rings. The maximum absolute atomic E-state index is 13.0. The molecule has 3 aliphatic heterocycles. The topological polar surface area (TPSA) is 66.0 Å². The molecule has 1 aromatic rings. The fraction of sp³-hybridized carbons (Fsp3) is 0.611. The molecular formula is C18H24N4O3. The molecule has 0 radical (unpaired) electrons. The van der Waals surface area contributed by atoms with Gasteiger partial charge in [-0.1, -0.05) is 6.07 Å². The zero-order valence-electron chi connectivity index (χ0n) is 14.4. The third kappa shape index (κ3) is 3.08. The lowest BCUT2D eigenvalue weighted by Crippen LogP contribution is -2.48. The molecule has 3 saturated heterocycles. The van der Waals surface area contributed by atoms with Crippen LogP contribution in [-0.2, 0) is 16.1 Å². The van der Waals surface area contributed by atoms with Crippen LogP contribution in [0.4, 0.5) is 4.79 Å². The van der Waals surface area contributed by atoms with Crippen molar-refractivity contribution >= 4 is 11.9 Å². The Balaban J connectivity index is 1.40. The summed E-state index contributed by atoms with van der Waals surface area (Å²) in [6.07, 6.45) is 3.34. The second-order valence-corrected chi connectivity index (χ2v) is 7.13. The van der Waals surface area contributed by atoms with Gasteiger partial charge in [-0.3, -0.25) is 9.78 Å². The molecule has 0 N–H and O–H groups in total. The predicted octanol–water partition coefficient (Wildman–Crippen LogP) is 0.958. The molecular weight excluding hydrogens is 320 g/mol. The molecule has 0 bridgehead atoms. The normalized spacial score (nSPS) is 26.7. The molecule has 134 valence electrons. The number of hydrogen-bond donors (Lipinski definition) is 0. The highest BCUT2D eigenvalue weighted by molar-refractivity contribution is 5.87. The number of amides is 3. The van der Waals surface area contributed by atoms with Crippen LogP contribution >= 0.6 is 0 Å². The highest BCUT2D eigenvalue weighted by atomic mass is 16.5. The van der Waals surface area contributed by atoms with Gasteiger partial charge in [0.05, 0.1) is 30.9 Å². The maximum Gasteiger partial charge on any atom is 0.320 e. The lowest BCUT2D eigenvalue weighted by Gasteiger charge is -2.31. The summed E-state index contributed by atoms with van der Waals surface area (Å²) in [7, 11) is 0. The van der Waals surface area contributed by atoms with Crippen molar-refractivity contribution in [2.24, 2.45) is 5.41 Å². The molecule has 3 amide bonds. The number of pyridine rings is 1. The van der Waals surface area contributed by atoms with Crippen LogP contribution in [0.2, 0.25) is 0 Å². The van der Waals surface area contributed by atoms with Gasteiger partial charge < -0.3 is 19.4 Å². The Morgan fingerprint density at radius 2 is 1.92 bits per heavy atom. The summed E-state index contributed by atoms with van der Waals surface area (Å²) in [5.74, 6) is 0.176. The van der Waals surface area contributed by atoms with E-state index in [0.29, 0.717) is 45.9 Å². The molecule has 0 aromatic carbocycles. The van der Waals surface area contributed by atoms with Crippen LogP contribution in [0.15, 0.2) is 24.4 Å². The van der Waals surface area contributed by atoms with Gasteiger partial charge in [0, 0.05) is 38.9 Å². The largest absolute Gasteiger partial charge is 0.378 e. The van der Waals surface area contributed by atoms with E-state index in [2.05, 4.69) is 4.98 Å². The SMILES string of the molecule is O=C(N1CCOCC1)N1CC[C@@]2(CCN(Cc3ccccn3)C2=O)C1. The third-order valence-electron chi connectivity index (χ3n) is 5.59. The highest BCUT2D eigenvalue weighted by Gasteiger charge is 2.52. The number of carbonyl (C=O) groups is 2. The van der Waals surface area contributed by atoms with E-state index in [1.165, 1.54) is 0 Å². The number of ether oxygens (including phenoxy) is 1. The van der Waals surface area contributed by atoms with Crippen molar-refractivity contribution in [1.82, 2.24) is 19.7 Å². The summed E-state index contributed by atoms with van der Waals surface area (Å²) >= 11 is 0. The zero-order valence-corrected chi connectivity index (χ0v) is 14.4. The minimum absolute atomic E-state index is 0.0520. The maximum atomic E-state index is 13.0. The standard InChI is InChI=1S/C18H24N4O3/c23-16-18(4-7-21(16)13-15-3-1-2-6-19-15)5-8-22(14-18)17(24)20-9-11-25-12-10-20/h1-3,6H,4-5,7-14H2/t18-/m0/s1. The summed E-state index contributed by atoms with van der Waals surface area (Å²) in [5.41, 5.74) is 0.517. The molecule has 4 heterocycles. The van der Waals surface area contributed by atoms with Gasteiger partial charge in [-0.15, -0.1) is 0 Å². The Bertz CT molecular complexity index is 647. The zero-order chi connectivity index (χ0) is 17.3. The van der Waals surface area contributed by atoms with Crippen LogP contribution in [0.5, 0.6) is 0 Å². The van der Waals surface area contributed by atoms with Crippen molar-refractivity contribution in [3.05, 3.63) is 30.1 Å². The van der Waals surface area contributed by atoms with Gasteiger partial charge in [-0.2, -0.15) is 0 Å². The van der Waals surface area contributed by atoms with E-state index in [1.54, 1.807) is 6.20 Å². The van der Waals surface area contributed by atoms with Crippen molar-refractivity contribution in [2.45, 2.75) is 19.4 Å². The van der Waals surface area contributed by atoms with E-state index in [-0.39, 0.29) is 11.9 Å².